The maximum absolute atomic E-state index is 12.1. The second-order valence-corrected chi connectivity index (χ2v) is 6.72. The van der Waals surface area contributed by atoms with E-state index in [1.165, 1.54) is 0 Å². The monoisotopic (exact) mass is 396 g/mol. The third kappa shape index (κ3) is 6.34. The number of benzene rings is 2. The highest BCUT2D eigenvalue weighted by molar-refractivity contribution is 5.82. The first-order valence-electron chi connectivity index (χ1n) is 9.59. The van der Waals surface area contributed by atoms with E-state index in [0.29, 0.717) is 13.0 Å². The van der Waals surface area contributed by atoms with Crippen molar-refractivity contribution in [2.45, 2.75) is 25.3 Å². The number of para-hydroxylation sites is 1. The number of carbonyl (C=O) groups is 3. The average Bonchev–Trinajstić information content (AvgIpc) is 2.73. The molecule has 2 N–H and O–H groups in total. The van der Waals surface area contributed by atoms with Gasteiger partial charge in [-0.15, -0.1) is 0 Å². The Balaban J connectivity index is 1.33. The van der Waals surface area contributed by atoms with Crippen LogP contribution >= 0.6 is 0 Å². The van der Waals surface area contributed by atoms with Gasteiger partial charge in [-0.25, -0.2) is 0 Å². The Morgan fingerprint density at radius 1 is 1.00 bits per heavy atom. The maximum Gasteiger partial charge on any atom is 0.308 e. The van der Waals surface area contributed by atoms with Crippen LogP contribution in [0, 0.1) is 0 Å². The van der Waals surface area contributed by atoms with Crippen molar-refractivity contribution in [1.29, 1.82) is 0 Å². The Morgan fingerprint density at radius 2 is 1.76 bits per heavy atom. The summed E-state index contributed by atoms with van der Waals surface area (Å²) in [6.07, 6.45) is 0.920. The summed E-state index contributed by atoms with van der Waals surface area (Å²) in [7, 11) is 0. The first kappa shape index (κ1) is 20.4. The summed E-state index contributed by atoms with van der Waals surface area (Å²) in [4.78, 5) is 35.8. The van der Waals surface area contributed by atoms with Gasteiger partial charge >= 0.3 is 5.97 Å². The summed E-state index contributed by atoms with van der Waals surface area (Å²) >= 11 is 0. The first-order chi connectivity index (χ1) is 14.1. The van der Waals surface area contributed by atoms with E-state index in [4.69, 9.17) is 9.47 Å². The third-order valence-corrected chi connectivity index (χ3v) is 4.52. The van der Waals surface area contributed by atoms with Gasteiger partial charge in [0.25, 0.3) is 5.91 Å². The Kier molecular flexibility index (Phi) is 7.22. The molecule has 0 saturated heterocycles. The van der Waals surface area contributed by atoms with Crippen LogP contribution in [0.25, 0.3) is 0 Å². The summed E-state index contributed by atoms with van der Waals surface area (Å²) in [5.41, 5.74) is 1.82. The smallest absolute Gasteiger partial charge is 0.308 e. The number of hydrogen-bond donors (Lipinski definition) is 2. The molecule has 0 radical (unpaired) electrons. The Hall–Kier alpha value is -3.35. The van der Waals surface area contributed by atoms with Crippen LogP contribution in [-0.4, -0.2) is 37.5 Å². The molecule has 1 heterocycles. The molecule has 0 spiro atoms. The van der Waals surface area contributed by atoms with Crippen molar-refractivity contribution >= 4 is 17.8 Å². The van der Waals surface area contributed by atoms with Crippen molar-refractivity contribution in [2.75, 3.05) is 19.8 Å². The fraction of sp³-hybridized carbons (Fsp3) is 0.318. The molecule has 1 unspecified atom stereocenters. The first-order valence-corrected chi connectivity index (χ1v) is 9.59. The lowest BCUT2D eigenvalue weighted by Crippen LogP contribution is -2.35. The van der Waals surface area contributed by atoms with Crippen LogP contribution in [0.2, 0.25) is 0 Å². The van der Waals surface area contributed by atoms with Crippen molar-refractivity contribution in [3.05, 3.63) is 65.7 Å². The van der Waals surface area contributed by atoms with Gasteiger partial charge in [0.15, 0.2) is 6.61 Å². The van der Waals surface area contributed by atoms with Gasteiger partial charge in [-0.1, -0.05) is 48.5 Å². The molecule has 3 rings (SSSR count). The van der Waals surface area contributed by atoms with Gasteiger partial charge in [0, 0.05) is 18.5 Å². The van der Waals surface area contributed by atoms with Gasteiger partial charge < -0.3 is 20.1 Å². The van der Waals surface area contributed by atoms with E-state index in [9.17, 15) is 14.4 Å². The van der Waals surface area contributed by atoms with E-state index >= 15 is 0 Å². The van der Waals surface area contributed by atoms with E-state index < -0.39 is 5.97 Å². The fourth-order valence-corrected chi connectivity index (χ4v) is 3.09. The normalized spacial score (nSPS) is 14.8. The number of amides is 2. The summed E-state index contributed by atoms with van der Waals surface area (Å²) in [6.45, 7) is 0.334. The SMILES string of the molecule is O=C(Cc1ccccc1)NCCC(=O)OCC(=O)NC1CCOc2ccccc21. The molecular formula is C22H24N2O5. The van der Waals surface area contributed by atoms with Gasteiger partial charge in [-0.2, -0.15) is 0 Å². The number of fused-ring (bicyclic) bond motifs is 1. The zero-order valence-corrected chi connectivity index (χ0v) is 16.1. The van der Waals surface area contributed by atoms with Crippen LogP contribution in [0.15, 0.2) is 54.6 Å². The van der Waals surface area contributed by atoms with Crippen LogP contribution in [0.3, 0.4) is 0 Å². The zero-order chi connectivity index (χ0) is 20.5. The molecule has 2 aromatic carbocycles. The average molecular weight is 396 g/mol. The van der Waals surface area contributed by atoms with Crippen molar-refractivity contribution < 1.29 is 23.9 Å². The quantitative estimate of drug-likeness (QED) is 0.665. The molecule has 1 aliphatic heterocycles. The molecule has 1 atom stereocenters. The number of nitrogens with one attached hydrogen (secondary N) is 2. The Labute approximate surface area is 169 Å². The molecule has 29 heavy (non-hydrogen) atoms. The number of rotatable bonds is 8. The topological polar surface area (TPSA) is 93.7 Å². The van der Waals surface area contributed by atoms with Crippen molar-refractivity contribution in [1.82, 2.24) is 10.6 Å². The molecule has 152 valence electrons. The number of ether oxygens (including phenoxy) is 2. The van der Waals surface area contributed by atoms with Gasteiger partial charge in [0.1, 0.15) is 5.75 Å². The number of hydrogen-bond acceptors (Lipinski definition) is 5. The van der Waals surface area contributed by atoms with Crippen LogP contribution in [0.5, 0.6) is 5.75 Å². The van der Waals surface area contributed by atoms with Gasteiger partial charge in [-0.3, -0.25) is 14.4 Å². The number of esters is 1. The second kappa shape index (κ2) is 10.3. The standard InChI is InChI=1S/C22H24N2O5/c25-20(14-16-6-2-1-3-7-16)23-12-10-22(27)29-15-21(26)24-18-11-13-28-19-9-5-4-8-17(18)19/h1-9,18H,10-15H2,(H,23,25)(H,24,26). The van der Waals surface area contributed by atoms with Crippen molar-refractivity contribution in [3.8, 4) is 5.75 Å². The highest BCUT2D eigenvalue weighted by atomic mass is 16.5. The molecule has 7 heteroatoms. The van der Waals surface area contributed by atoms with E-state index in [2.05, 4.69) is 10.6 Å². The van der Waals surface area contributed by atoms with Gasteiger partial charge in [0.2, 0.25) is 5.91 Å². The Morgan fingerprint density at radius 3 is 2.59 bits per heavy atom. The van der Waals surface area contributed by atoms with E-state index in [0.717, 1.165) is 16.9 Å². The molecule has 0 aromatic heterocycles. The summed E-state index contributed by atoms with van der Waals surface area (Å²) in [5.74, 6) is -0.312. The fourth-order valence-electron chi connectivity index (χ4n) is 3.09. The number of carbonyl (C=O) groups excluding carboxylic acids is 3. The van der Waals surface area contributed by atoms with Crippen LogP contribution in [-0.2, 0) is 25.5 Å². The molecule has 0 aliphatic carbocycles. The van der Waals surface area contributed by atoms with E-state index in [1.807, 2.05) is 54.6 Å². The van der Waals surface area contributed by atoms with Crippen molar-refractivity contribution in [2.24, 2.45) is 0 Å². The lowest BCUT2D eigenvalue weighted by molar-refractivity contribution is -0.148. The molecule has 0 saturated carbocycles. The second-order valence-electron chi connectivity index (χ2n) is 6.72. The van der Waals surface area contributed by atoms with Crippen LogP contribution in [0.4, 0.5) is 0 Å². The predicted molar refractivity (Wildman–Crippen MR) is 106 cm³/mol. The molecule has 2 aromatic rings. The van der Waals surface area contributed by atoms with Gasteiger partial charge in [0.05, 0.1) is 25.5 Å². The molecular weight excluding hydrogens is 372 g/mol. The highest BCUT2D eigenvalue weighted by Crippen LogP contribution is 2.31. The molecule has 0 bridgehead atoms. The van der Waals surface area contributed by atoms with E-state index in [1.54, 1.807) is 0 Å². The summed E-state index contributed by atoms with van der Waals surface area (Å²) in [5, 5.41) is 5.54. The van der Waals surface area contributed by atoms with E-state index in [-0.39, 0.29) is 43.8 Å². The van der Waals surface area contributed by atoms with Crippen LogP contribution < -0.4 is 15.4 Å². The predicted octanol–water partition coefficient (Wildman–Crippen LogP) is 1.92. The zero-order valence-electron chi connectivity index (χ0n) is 16.1. The summed E-state index contributed by atoms with van der Waals surface area (Å²) in [6, 6.07) is 16.7. The Bertz CT molecular complexity index is 853. The lowest BCUT2D eigenvalue weighted by atomic mass is 10.0. The molecule has 7 nitrogen and oxygen atoms in total. The third-order valence-electron chi connectivity index (χ3n) is 4.52. The minimum Gasteiger partial charge on any atom is -0.493 e. The lowest BCUT2D eigenvalue weighted by Gasteiger charge is -2.26. The largest absolute Gasteiger partial charge is 0.493 e. The van der Waals surface area contributed by atoms with Gasteiger partial charge in [-0.05, 0) is 11.6 Å². The summed E-state index contributed by atoms with van der Waals surface area (Å²) < 4.78 is 10.6. The minimum atomic E-state index is -0.535. The minimum absolute atomic E-state index is 0.00785. The maximum atomic E-state index is 12.1. The molecule has 2 amide bonds. The molecule has 1 aliphatic rings. The molecule has 0 fully saturated rings. The van der Waals surface area contributed by atoms with Crippen LogP contribution in [0.1, 0.15) is 30.0 Å². The van der Waals surface area contributed by atoms with Crippen molar-refractivity contribution in [3.63, 3.8) is 0 Å². The highest BCUT2D eigenvalue weighted by Gasteiger charge is 2.22.